The molecule has 2 aliphatic heterocycles. The molecule has 8 heteroatoms. The fourth-order valence-corrected chi connectivity index (χ4v) is 4.65. The van der Waals surface area contributed by atoms with Crippen molar-refractivity contribution in [2.24, 2.45) is 0 Å². The summed E-state index contributed by atoms with van der Waals surface area (Å²) in [6, 6.07) is 5.74. The second-order valence-corrected chi connectivity index (χ2v) is 8.53. The first kappa shape index (κ1) is 17.0. The number of benzene rings is 1. The van der Waals surface area contributed by atoms with Crippen LogP contribution < -0.4 is 14.8 Å². The summed E-state index contributed by atoms with van der Waals surface area (Å²) in [5, 5.41) is 13.3. The molecular formula is C19H21N3O4S. The number of likely N-dealkylation sites (tertiary alicyclic amines) is 1. The number of β-amino-alcohol motifs (C(OH)–C–C–N with tert-alkyl or cyclic N) is 1. The predicted molar refractivity (Wildman–Crippen MR) is 100 cm³/mol. The Kier molecular flexibility index (Phi) is 4.07. The maximum atomic E-state index is 12.9. The minimum Gasteiger partial charge on any atom is -0.454 e. The molecule has 0 bridgehead atoms. The van der Waals surface area contributed by atoms with E-state index in [0.29, 0.717) is 17.4 Å². The molecule has 3 heterocycles. The van der Waals surface area contributed by atoms with E-state index < -0.39 is 5.41 Å². The summed E-state index contributed by atoms with van der Waals surface area (Å²) in [5.41, 5.74) is 0.471. The highest BCUT2D eigenvalue weighted by Gasteiger charge is 2.52. The fraction of sp³-hybridized carbons (Fsp3) is 0.474. The lowest BCUT2D eigenvalue weighted by atomic mass is 9.94. The van der Waals surface area contributed by atoms with E-state index in [2.05, 4.69) is 15.2 Å². The van der Waals surface area contributed by atoms with E-state index in [1.54, 1.807) is 0 Å². The minimum absolute atomic E-state index is 0.0149. The summed E-state index contributed by atoms with van der Waals surface area (Å²) >= 11 is 1.50. The SMILES string of the molecule is O=C(Nc1ncc(CN2CC[C@H](O)C2)s1)C1(c2ccc3c(c2)OCO3)CC1. The number of carbonyl (C=O) groups excluding carboxylic acids is 1. The summed E-state index contributed by atoms with van der Waals surface area (Å²) in [7, 11) is 0. The van der Waals surface area contributed by atoms with Gasteiger partial charge in [0.25, 0.3) is 0 Å². The number of aliphatic hydroxyl groups is 1. The molecule has 2 N–H and O–H groups in total. The molecule has 0 spiro atoms. The number of aromatic nitrogens is 1. The van der Waals surface area contributed by atoms with Crippen molar-refractivity contribution in [2.75, 3.05) is 25.2 Å². The minimum atomic E-state index is -0.494. The predicted octanol–water partition coefficient (Wildman–Crippen LogP) is 2.11. The first-order valence-electron chi connectivity index (χ1n) is 9.19. The van der Waals surface area contributed by atoms with E-state index in [1.807, 2.05) is 24.4 Å². The van der Waals surface area contributed by atoms with E-state index in [9.17, 15) is 9.90 Å². The zero-order valence-corrected chi connectivity index (χ0v) is 15.6. The van der Waals surface area contributed by atoms with Crippen molar-refractivity contribution in [3.63, 3.8) is 0 Å². The van der Waals surface area contributed by atoms with Crippen LogP contribution in [0.3, 0.4) is 0 Å². The molecule has 1 aromatic carbocycles. The van der Waals surface area contributed by atoms with Crippen molar-refractivity contribution in [3.8, 4) is 11.5 Å². The Balaban J connectivity index is 1.26. The van der Waals surface area contributed by atoms with Crippen LogP contribution in [0, 0.1) is 0 Å². The van der Waals surface area contributed by atoms with Crippen LogP contribution in [0.2, 0.25) is 0 Å². The van der Waals surface area contributed by atoms with Gasteiger partial charge in [-0.25, -0.2) is 4.98 Å². The molecule has 0 unspecified atom stereocenters. The lowest BCUT2D eigenvalue weighted by Crippen LogP contribution is -2.27. The number of aliphatic hydroxyl groups excluding tert-OH is 1. The number of nitrogens with one attached hydrogen (secondary N) is 1. The van der Waals surface area contributed by atoms with E-state index in [-0.39, 0.29) is 18.8 Å². The van der Waals surface area contributed by atoms with Gasteiger partial charge >= 0.3 is 0 Å². The maximum absolute atomic E-state index is 12.9. The third-order valence-electron chi connectivity index (χ3n) is 5.51. The molecule has 3 aliphatic rings. The van der Waals surface area contributed by atoms with Crippen LogP contribution in [-0.4, -0.2) is 46.9 Å². The van der Waals surface area contributed by atoms with Gasteiger partial charge in [0.2, 0.25) is 12.7 Å². The van der Waals surface area contributed by atoms with Crippen LogP contribution in [0.1, 0.15) is 29.7 Å². The van der Waals surface area contributed by atoms with Crippen molar-refractivity contribution < 1.29 is 19.4 Å². The molecule has 1 atom stereocenters. The number of thiazole rings is 1. The molecule has 2 fully saturated rings. The largest absolute Gasteiger partial charge is 0.454 e. The first-order chi connectivity index (χ1) is 13.1. The van der Waals surface area contributed by atoms with Gasteiger partial charge in [0.15, 0.2) is 16.6 Å². The highest BCUT2D eigenvalue weighted by molar-refractivity contribution is 7.15. The molecule has 1 amide bonds. The monoisotopic (exact) mass is 387 g/mol. The lowest BCUT2D eigenvalue weighted by Gasteiger charge is -2.15. The van der Waals surface area contributed by atoms with Gasteiger partial charge in [0.05, 0.1) is 11.5 Å². The highest BCUT2D eigenvalue weighted by atomic mass is 32.1. The van der Waals surface area contributed by atoms with Crippen LogP contribution >= 0.6 is 11.3 Å². The molecule has 1 saturated carbocycles. The van der Waals surface area contributed by atoms with Crippen molar-refractivity contribution in [1.29, 1.82) is 0 Å². The third kappa shape index (κ3) is 3.18. The second-order valence-electron chi connectivity index (χ2n) is 7.41. The average molecular weight is 387 g/mol. The average Bonchev–Trinajstić information content (AvgIpc) is 2.95. The molecule has 27 heavy (non-hydrogen) atoms. The van der Waals surface area contributed by atoms with Gasteiger partial charge in [-0.1, -0.05) is 6.07 Å². The van der Waals surface area contributed by atoms with Crippen LogP contribution in [0.15, 0.2) is 24.4 Å². The number of anilines is 1. The number of carbonyl (C=O) groups is 1. The number of ether oxygens (including phenoxy) is 2. The maximum Gasteiger partial charge on any atom is 0.236 e. The fourth-order valence-electron chi connectivity index (χ4n) is 3.80. The Hall–Kier alpha value is -2.16. The number of nitrogens with zero attached hydrogens (tertiary/aromatic N) is 2. The molecule has 1 saturated heterocycles. The quantitative estimate of drug-likeness (QED) is 0.818. The van der Waals surface area contributed by atoms with Gasteiger partial charge in [-0.3, -0.25) is 9.69 Å². The van der Waals surface area contributed by atoms with Gasteiger partial charge in [-0.05, 0) is 37.0 Å². The number of amides is 1. The van der Waals surface area contributed by atoms with Gasteiger partial charge in [0, 0.05) is 30.7 Å². The summed E-state index contributed by atoms with van der Waals surface area (Å²) in [6.45, 7) is 2.59. The van der Waals surface area contributed by atoms with Gasteiger partial charge in [-0.15, -0.1) is 11.3 Å². The Morgan fingerprint density at radius 3 is 3.00 bits per heavy atom. The Bertz CT molecular complexity index is 880. The molecule has 5 rings (SSSR count). The Morgan fingerprint density at radius 2 is 2.22 bits per heavy atom. The van der Waals surface area contributed by atoms with Crippen LogP contribution in [-0.2, 0) is 16.8 Å². The van der Waals surface area contributed by atoms with Crippen molar-refractivity contribution in [2.45, 2.75) is 37.3 Å². The molecule has 0 radical (unpaired) electrons. The summed E-state index contributed by atoms with van der Waals surface area (Å²) in [4.78, 5) is 20.6. The third-order valence-corrected chi connectivity index (χ3v) is 6.41. The van der Waals surface area contributed by atoms with E-state index in [0.717, 1.165) is 48.5 Å². The zero-order valence-electron chi connectivity index (χ0n) is 14.8. The summed E-state index contributed by atoms with van der Waals surface area (Å²) in [6.07, 6.45) is 4.05. The van der Waals surface area contributed by atoms with Crippen molar-refractivity contribution >= 4 is 22.4 Å². The van der Waals surface area contributed by atoms with Crippen LogP contribution in [0.4, 0.5) is 5.13 Å². The molecule has 2 aromatic rings. The van der Waals surface area contributed by atoms with Gasteiger partial charge < -0.3 is 19.9 Å². The van der Waals surface area contributed by atoms with Crippen LogP contribution in [0.25, 0.3) is 0 Å². The Labute approximate surface area is 160 Å². The molecule has 1 aliphatic carbocycles. The smallest absolute Gasteiger partial charge is 0.236 e. The second kappa shape index (κ2) is 6.47. The standard InChI is InChI=1S/C19H21N3O4S/c23-13-3-6-22(9-13)10-14-8-20-18(27-14)21-17(24)19(4-5-19)12-1-2-15-16(7-12)26-11-25-15/h1-2,7-8,13,23H,3-6,9-11H2,(H,20,21,24)/t13-/m0/s1. The number of hydrogen-bond donors (Lipinski definition) is 2. The molecular weight excluding hydrogens is 366 g/mol. The topological polar surface area (TPSA) is 83.9 Å². The Morgan fingerprint density at radius 1 is 1.37 bits per heavy atom. The van der Waals surface area contributed by atoms with E-state index in [4.69, 9.17) is 9.47 Å². The van der Waals surface area contributed by atoms with Crippen molar-refractivity contribution in [3.05, 3.63) is 34.8 Å². The van der Waals surface area contributed by atoms with E-state index in [1.165, 1.54) is 11.3 Å². The molecule has 7 nitrogen and oxygen atoms in total. The number of fused-ring (bicyclic) bond motifs is 1. The van der Waals surface area contributed by atoms with Crippen LogP contribution in [0.5, 0.6) is 11.5 Å². The lowest BCUT2D eigenvalue weighted by molar-refractivity contribution is -0.118. The summed E-state index contributed by atoms with van der Waals surface area (Å²) < 4.78 is 10.8. The summed E-state index contributed by atoms with van der Waals surface area (Å²) in [5.74, 6) is 1.42. The number of rotatable bonds is 5. The number of hydrogen-bond acceptors (Lipinski definition) is 7. The highest BCUT2D eigenvalue weighted by Crippen LogP contribution is 2.51. The zero-order chi connectivity index (χ0) is 18.4. The first-order valence-corrected chi connectivity index (χ1v) is 10.0. The molecule has 1 aromatic heterocycles. The van der Waals surface area contributed by atoms with Gasteiger partial charge in [-0.2, -0.15) is 0 Å². The van der Waals surface area contributed by atoms with Gasteiger partial charge in [0.1, 0.15) is 0 Å². The normalized spacial score (nSPS) is 22.8. The van der Waals surface area contributed by atoms with E-state index >= 15 is 0 Å². The molecule has 142 valence electrons. The van der Waals surface area contributed by atoms with Crippen molar-refractivity contribution in [1.82, 2.24) is 9.88 Å².